The lowest BCUT2D eigenvalue weighted by Gasteiger charge is -2.38. The van der Waals surface area contributed by atoms with E-state index in [-0.39, 0.29) is 25.0 Å². The van der Waals surface area contributed by atoms with Crippen molar-refractivity contribution in [3.63, 3.8) is 0 Å². The van der Waals surface area contributed by atoms with Gasteiger partial charge in [0.15, 0.2) is 0 Å². The number of amides is 2. The third-order valence-electron chi connectivity index (χ3n) is 7.42. The molecule has 6 atom stereocenters. The number of thioether (sulfide) groups is 1. The first-order valence-electron chi connectivity index (χ1n) is 11.1. The van der Waals surface area contributed by atoms with Crippen LogP contribution in [0.25, 0.3) is 0 Å². The number of anilines is 1. The van der Waals surface area contributed by atoms with Crippen LogP contribution in [-0.4, -0.2) is 74.7 Å². The highest BCUT2D eigenvalue weighted by atomic mass is 32.2. The molecule has 2 bridgehead atoms. The molecule has 2 amide bonds. The number of methoxy groups -OCH3 is 1. The molecule has 1 aromatic carbocycles. The van der Waals surface area contributed by atoms with Crippen LogP contribution >= 0.6 is 11.8 Å². The topological polar surface area (TPSA) is 107 Å². The molecular formula is C24H30N2O6S. The predicted octanol–water partition coefficient (Wildman–Crippen LogP) is 2.16. The standard InChI is InChI=1S/C24H30N2O6S/c1-5-12-25(15-6-8-16(32-4)9-7-15)21(29)19-24-11-10-23(3,33-24)18(22(30)31)17(24)20(28)26(19)14(2)13-27/h5-9,14,17-19,27H,1,10-13H2,2-4H3,(H,30,31)/t14-,17+,18-,19?,23+,24?/m1/s1. The first-order valence-corrected chi connectivity index (χ1v) is 11.9. The van der Waals surface area contributed by atoms with Gasteiger partial charge in [0.25, 0.3) is 5.91 Å². The van der Waals surface area contributed by atoms with Crippen LogP contribution in [0.3, 0.4) is 0 Å². The molecule has 3 saturated heterocycles. The number of carboxylic acid groups (broad SMARTS) is 1. The number of aliphatic hydroxyl groups is 1. The fourth-order valence-electron chi connectivity index (χ4n) is 5.94. The normalized spacial score (nSPS) is 33.0. The van der Waals surface area contributed by atoms with E-state index in [1.165, 1.54) is 16.7 Å². The van der Waals surface area contributed by atoms with Gasteiger partial charge in [-0.15, -0.1) is 18.3 Å². The number of rotatable bonds is 8. The molecule has 4 rings (SSSR count). The molecule has 8 nitrogen and oxygen atoms in total. The smallest absolute Gasteiger partial charge is 0.308 e. The molecule has 0 aliphatic carbocycles. The lowest BCUT2D eigenvalue weighted by atomic mass is 9.66. The Morgan fingerprint density at radius 1 is 1.36 bits per heavy atom. The van der Waals surface area contributed by atoms with Crippen LogP contribution in [0.4, 0.5) is 5.69 Å². The summed E-state index contributed by atoms with van der Waals surface area (Å²) in [6.45, 7) is 7.28. The van der Waals surface area contributed by atoms with Gasteiger partial charge in [-0.25, -0.2) is 0 Å². The summed E-state index contributed by atoms with van der Waals surface area (Å²) < 4.78 is 3.77. The van der Waals surface area contributed by atoms with Gasteiger partial charge in [-0.2, -0.15) is 0 Å². The van der Waals surface area contributed by atoms with Gasteiger partial charge in [-0.05, 0) is 51.0 Å². The second-order valence-electron chi connectivity index (χ2n) is 9.28. The van der Waals surface area contributed by atoms with Crippen molar-refractivity contribution in [2.24, 2.45) is 11.8 Å². The number of ether oxygens (including phenoxy) is 1. The number of carboxylic acids is 1. The summed E-state index contributed by atoms with van der Waals surface area (Å²) in [5.74, 6) is -2.68. The minimum Gasteiger partial charge on any atom is -0.497 e. The Labute approximate surface area is 197 Å². The van der Waals surface area contributed by atoms with Gasteiger partial charge in [-0.3, -0.25) is 14.4 Å². The van der Waals surface area contributed by atoms with E-state index >= 15 is 0 Å². The first kappa shape index (κ1) is 23.6. The lowest BCUT2D eigenvalue weighted by Crippen LogP contribution is -2.57. The van der Waals surface area contributed by atoms with Crippen molar-refractivity contribution in [2.75, 3.05) is 25.2 Å². The molecule has 33 heavy (non-hydrogen) atoms. The van der Waals surface area contributed by atoms with Crippen molar-refractivity contribution in [1.29, 1.82) is 0 Å². The highest BCUT2D eigenvalue weighted by Crippen LogP contribution is 2.71. The number of hydrogen-bond donors (Lipinski definition) is 2. The van der Waals surface area contributed by atoms with E-state index in [2.05, 4.69) is 6.58 Å². The summed E-state index contributed by atoms with van der Waals surface area (Å²) in [6.07, 6.45) is 2.81. The van der Waals surface area contributed by atoms with Gasteiger partial charge in [-0.1, -0.05) is 6.08 Å². The molecule has 1 spiro atoms. The molecule has 2 unspecified atom stereocenters. The average molecular weight is 475 g/mol. The zero-order chi connectivity index (χ0) is 24.1. The van der Waals surface area contributed by atoms with Crippen molar-refractivity contribution >= 4 is 35.2 Å². The van der Waals surface area contributed by atoms with Crippen LogP contribution < -0.4 is 9.64 Å². The molecule has 3 aliphatic rings. The van der Waals surface area contributed by atoms with Crippen LogP contribution in [0.2, 0.25) is 0 Å². The Hall–Kier alpha value is -2.52. The van der Waals surface area contributed by atoms with E-state index in [4.69, 9.17) is 4.74 Å². The first-order chi connectivity index (χ1) is 15.6. The van der Waals surface area contributed by atoms with Crippen molar-refractivity contribution in [1.82, 2.24) is 4.90 Å². The number of aliphatic carboxylic acids is 1. The fourth-order valence-corrected chi connectivity index (χ4v) is 8.27. The maximum Gasteiger partial charge on any atom is 0.308 e. The highest BCUT2D eigenvalue weighted by Gasteiger charge is 2.77. The van der Waals surface area contributed by atoms with Crippen LogP contribution in [0.1, 0.15) is 26.7 Å². The van der Waals surface area contributed by atoms with Gasteiger partial charge < -0.3 is 24.7 Å². The number of nitrogens with zero attached hydrogens (tertiary/aromatic N) is 2. The monoisotopic (exact) mass is 474 g/mol. The Kier molecular flexibility index (Phi) is 5.99. The van der Waals surface area contributed by atoms with Crippen LogP contribution in [0, 0.1) is 11.8 Å². The average Bonchev–Trinajstić information content (AvgIpc) is 3.37. The van der Waals surface area contributed by atoms with Gasteiger partial charge in [0.2, 0.25) is 5.91 Å². The summed E-state index contributed by atoms with van der Waals surface area (Å²) in [7, 11) is 1.56. The molecule has 178 valence electrons. The molecule has 3 heterocycles. The van der Waals surface area contributed by atoms with E-state index in [0.717, 1.165) is 0 Å². The van der Waals surface area contributed by atoms with E-state index in [1.54, 1.807) is 49.3 Å². The molecule has 3 aliphatic heterocycles. The summed E-state index contributed by atoms with van der Waals surface area (Å²) in [5.41, 5.74) is 0.628. The third kappa shape index (κ3) is 3.35. The summed E-state index contributed by atoms with van der Waals surface area (Å²) in [5, 5.41) is 19.9. The Bertz CT molecular complexity index is 984. The maximum absolute atomic E-state index is 14.2. The summed E-state index contributed by atoms with van der Waals surface area (Å²) in [6, 6.07) is 5.56. The van der Waals surface area contributed by atoms with Gasteiger partial charge >= 0.3 is 5.97 Å². The maximum atomic E-state index is 14.2. The molecule has 0 saturated carbocycles. The number of carbonyl (C=O) groups is 3. The molecule has 9 heteroatoms. The van der Waals surface area contributed by atoms with Crippen molar-refractivity contribution < 1.29 is 29.3 Å². The molecule has 1 aromatic rings. The number of fused-ring (bicyclic) bond motifs is 1. The van der Waals surface area contributed by atoms with Gasteiger partial charge in [0.05, 0.1) is 36.3 Å². The molecule has 3 fully saturated rings. The third-order valence-corrected chi connectivity index (χ3v) is 9.40. The van der Waals surface area contributed by atoms with Crippen LogP contribution in [-0.2, 0) is 14.4 Å². The van der Waals surface area contributed by atoms with Crippen molar-refractivity contribution in [3.05, 3.63) is 36.9 Å². The van der Waals surface area contributed by atoms with Crippen LogP contribution in [0.5, 0.6) is 5.75 Å². The summed E-state index contributed by atoms with van der Waals surface area (Å²) >= 11 is 1.48. The Morgan fingerprint density at radius 3 is 2.58 bits per heavy atom. The van der Waals surface area contributed by atoms with E-state index < -0.39 is 39.4 Å². The second kappa shape index (κ2) is 8.36. The Morgan fingerprint density at radius 2 is 2.03 bits per heavy atom. The predicted molar refractivity (Wildman–Crippen MR) is 125 cm³/mol. The quantitative estimate of drug-likeness (QED) is 0.556. The lowest BCUT2D eigenvalue weighted by molar-refractivity contribution is -0.150. The van der Waals surface area contributed by atoms with Crippen LogP contribution in [0.15, 0.2) is 36.9 Å². The van der Waals surface area contributed by atoms with Gasteiger partial charge in [0, 0.05) is 17.0 Å². The number of aliphatic hydroxyl groups excluding tert-OH is 1. The minimum atomic E-state index is -1.01. The summed E-state index contributed by atoms with van der Waals surface area (Å²) in [4.78, 5) is 43.1. The van der Waals surface area contributed by atoms with Crippen molar-refractivity contribution in [3.8, 4) is 5.75 Å². The fraction of sp³-hybridized carbons (Fsp3) is 0.542. The van der Waals surface area contributed by atoms with E-state index in [9.17, 15) is 24.6 Å². The molecule has 0 radical (unpaired) electrons. The number of likely N-dealkylation sites (tertiary alicyclic amines) is 1. The molecule has 2 N–H and O–H groups in total. The van der Waals surface area contributed by atoms with Crippen molar-refractivity contribution in [2.45, 2.75) is 48.3 Å². The SMILES string of the molecule is C=CCN(C(=O)C1N([C@H](C)CO)C(=O)[C@@H]2[C@H](C(=O)O)[C@]3(C)CCC12S3)c1ccc(OC)cc1. The zero-order valence-corrected chi connectivity index (χ0v) is 19.9. The number of carbonyl (C=O) groups excluding carboxylic acids is 2. The number of hydrogen-bond acceptors (Lipinski definition) is 6. The molecular weight excluding hydrogens is 444 g/mol. The van der Waals surface area contributed by atoms with Gasteiger partial charge in [0.1, 0.15) is 11.8 Å². The molecule has 0 aromatic heterocycles. The Balaban J connectivity index is 1.81. The number of benzene rings is 1. The highest BCUT2D eigenvalue weighted by molar-refractivity contribution is 8.02. The van der Waals surface area contributed by atoms with E-state index in [0.29, 0.717) is 24.3 Å². The minimum absolute atomic E-state index is 0.224. The van der Waals surface area contributed by atoms with E-state index in [1.807, 2.05) is 6.92 Å². The largest absolute Gasteiger partial charge is 0.497 e. The zero-order valence-electron chi connectivity index (χ0n) is 19.1. The second-order valence-corrected chi connectivity index (χ2v) is 11.2.